The standard InChI is InChI=1S/C18H18F3N5O4S/c1-5-30-15(27)12-7-6-9(2)11(4)14(12)25-31(28,29)17-23-16-22-10(3)8-13(18(19,20)21)26(16)24-17/h6-8,25H,5H2,1-4H3. The number of fused-ring (bicyclic) bond motifs is 1. The second-order valence-corrected chi connectivity index (χ2v) is 8.22. The lowest BCUT2D eigenvalue weighted by Gasteiger charge is -2.15. The van der Waals surface area contributed by atoms with Gasteiger partial charge in [0.25, 0.3) is 21.0 Å². The van der Waals surface area contributed by atoms with Crippen molar-refractivity contribution in [2.24, 2.45) is 0 Å². The average Bonchev–Trinajstić information content (AvgIpc) is 3.09. The Morgan fingerprint density at radius 1 is 1.19 bits per heavy atom. The SMILES string of the molecule is CCOC(=O)c1ccc(C)c(C)c1NS(=O)(=O)c1nc2nc(C)cc(C(F)(F)F)n2n1. The first kappa shape index (κ1) is 22.5. The Kier molecular flexibility index (Phi) is 5.65. The molecule has 31 heavy (non-hydrogen) atoms. The molecule has 2 aromatic heterocycles. The molecule has 9 nitrogen and oxygen atoms in total. The number of alkyl halides is 3. The topological polar surface area (TPSA) is 116 Å². The Morgan fingerprint density at radius 3 is 2.48 bits per heavy atom. The number of anilines is 1. The van der Waals surface area contributed by atoms with Crippen LogP contribution in [0.5, 0.6) is 0 Å². The highest BCUT2D eigenvalue weighted by Gasteiger charge is 2.36. The number of hydrogen-bond donors (Lipinski definition) is 1. The zero-order valence-corrected chi connectivity index (χ0v) is 17.7. The molecule has 0 aliphatic carbocycles. The van der Waals surface area contributed by atoms with Crippen LogP contribution in [0, 0.1) is 20.8 Å². The molecule has 0 fully saturated rings. The van der Waals surface area contributed by atoms with Gasteiger partial charge in [-0.2, -0.15) is 31.1 Å². The minimum absolute atomic E-state index is 0.0109. The van der Waals surface area contributed by atoms with E-state index >= 15 is 0 Å². The van der Waals surface area contributed by atoms with Crippen molar-refractivity contribution in [3.05, 3.63) is 46.3 Å². The van der Waals surface area contributed by atoms with Crippen molar-refractivity contribution < 1.29 is 31.1 Å². The summed E-state index contributed by atoms with van der Waals surface area (Å²) in [6, 6.07) is 3.74. The summed E-state index contributed by atoms with van der Waals surface area (Å²) in [6.07, 6.45) is -4.81. The molecule has 0 radical (unpaired) electrons. The van der Waals surface area contributed by atoms with Crippen LogP contribution < -0.4 is 4.72 Å². The summed E-state index contributed by atoms with van der Waals surface area (Å²) in [7, 11) is -4.57. The smallest absolute Gasteiger partial charge is 0.433 e. The molecule has 0 spiro atoms. The predicted octanol–water partition coefficient (Wildman–Crippen LogP) is 3.05. The van der Waals surface area contributed by atoms with E-state index in [0.29, 0.717) is 15.6 Å². The normalized spacial score (nSPS) is 12.2. The molecule has 0 atom stereocenters. The van der Waals surface area contributed by atoms with Gasteiger partial charge in [-0.3, -0.25) is 4.72 Å². The van der Waals surface area contributed by atoms with Crippen molar-refractivity contribution in [3.63, 3.8) is 0 Å². The van der Waals surface area contributed by atoms with Gasteiger partial charge < -0.3 is 4.74 Å². The molecule has 1 N–H and O–H groups in total. The van der Waals surface area contributed by atoms with Gasteiger partial charge in [-0.05, 0) is 51.0 Å². The maximum absolute atomic E-state index is 13.3. The number of sulfonamides is 1. The van der Waals surface area contributed by atoms with Gasteiger partial charge in [-0.15, -0.1) is 5.10 Å². The van der Waals surface area contributed by atoms with Crippen LogP contribution in [0.15, 0.2) is 23.4 Å². The van der Waals surface area contributed by atoms with Crippen LogP contribution in [0.2, 0.25) is 0 Å². The van der Waals surface area contributed by atoms with Gasteiger partial charge in [0.2, 0.25) is 0 Å². The highest BCUT2D eigenvalue weighted by atomic mass is 32.2. The quantitative estimate of drug-likeness (QED) is 0.586. The summed E-state index contributed by atoms with van der Waals surface area (Å²) < 4.78 is 73.3. The third-order valence-corrected chi connectivity index (χ3v) is 5.55. The van der Waals surface area contributed by atoms with E-state index in [4.69, 9.17) is 4.74 Å². The molecular weight excluding hydrogens is 439 g/mol. The largest absolute Gasteiger partial charge is 0.462 e. The molecule has 166 valence electrons. The minimum Gasteiger partial charge on any atom is -0.462 e. The van der Waals surface area contributed by atoms with Crippen molar-refractivity contribution in [2.45, 2.75) is 39.0 Å². The molecule has 2 heterocycles. The van der Waals surface area contributed by atoms with E-state index < -0.39 is 38.8 Å². The van der Waals surface area contributed by atoms with E-state index in [1.165, 1.54) is 13.0 Å². The molecule has 0 saturated carbocycles. The molecule has 0 amide bonds. The molecule has 0 saturated heterocycles. The number of halogens is 3. The lowest BCUT2D eigenvalue weighted by molar-refractivity contribution is -0.142. The van der Waals surface area contributed by atoms with Crippen LogP contribution in [0.1, 0.15) is 39.8 Å². The van der Waals surface area contributed by atoms with Gasteiger partial charge in [0.15, 0.2) is 5.69 Å². The van der Waals surface area contributed by atoms with Crippen LogP contribution in [0.25, 0.3) is 5.78 Å². The first-order valence-corrected chi connectivity index (χ1v) is 10.4. The second kappa shape index (κ2) is 7.80. The summed E-state index contributed by atoms with van der Waals surface area (Å²) in [5.41, 5.74) is -0.251. The number of aromatic nitrogens is 4. The van der Waals surface area contributed by atoms with Gasteiger partial charge in [0, 0.05) is 5.69 Å². The van der Waals surface area contributed by atoms with E-state index in [1.807, 2.05) is 0 Å². The van der Waals surface area contributed by atoms with Crippen LogP contribution >= 0.6 is 0 Å². The Hall–Kier alpha value is -3.22. The zero-order valence-electron chi connectivity index (χ0n) is 16.9. The third-order valence-electron chi connectivity index (χ3n) is 4.42. The molecule has 13 heteroatoms. The van der Waals surface area contributed by atoms with Crippen molar-refractivity contribution in [1.82, 2.24) is 19.6 Å². The highest BCUT2D eigenvalue weighted by molar-refractivity contribution is 7.92. The van der Waals surface area contributed by atoms with Crippen LogP contribution in [-0.4, -0.2) is 40.6 Å². The lowest BCUT2D eigenvalue weighted by atomic mass is 10.0. The summed E-state index contributed by atoms with van der Waals surface area (Å²) in [5, 5.41) is 2.58. The van der Waals surface area contributed by atoms with Crippen molar-refractivity contribution in [1.29, 1.82) is 0 Å². The van der Waals surface area contributed by atoms with Gasteiger partial charge in [0.1, 0.15) is 0 Å². The van der Waals surface area contributed by atoms with Crippen LogP contribution in [-0.2, 0) is 20.9 Å². The van der Waals surface area contributed by atoms with E-state index in [-0.39, 0.29) is 23.6 Å². The Balaban J connectivity index is 2.13. The predicted molar refractivity (Wildman–Crippen MR) is 103 cm³/mol. The lowest BCUT2D eigenvalue weighted by Crippen LogP contribution is -2.19. The fourth-order valence-corrected chi connectivity index (χ4v) is 3.80. The summed E-state index contributed by atoms with van der Waals surface area (Å²) in [5.74, 6) is -1.29. The fourth-order valence-electron chi connectivity index (χ4n) is 2.79. The van der Waals surface area contributed by atoms with E-state index in [2.05, 4.69) is 19.8 Å². The first-order chi connectivity index (χ1) is 14.3. The van der Waals surface area contributed by atoms with E-state index in [0.717, 1.165) is 6.07 Å². The number of benzene rings is 1. The van der Waals surface area contributed by atoms with Crippen molar-refractivity contribution >= 4 is 27.5 Å². The molecule has 0 unspecified atom stereocenters. The molecule has 3 rings (SSSR count). The summed E-state index contributed by atoms with van der Waals surface area (Å²) in [4.78, 5) is 19.7. The number of aryl methyl sites for hydroxylation is 2. The minimum atomic E-state index is -4.81. The number of carbonyl (C=O) groups excluding carboxylic acids is 1. The maximum Gasteiger partial charge on any atom is 0.433 e. The number of rotatable bonds is 5. The van der Waals surface area contributed by atoms with E-state index in [9.17, 15) is 26.4 Å². The van der Waals surface area contributed by atoms with Crippen LogP contribution in [0.3, 0.4) is 0 Å². The number of hydrogen-bond acceptors (Lipinski definition) is 7. The number of carbonyl (C=O) groups is 1. The maximum atomic E-state index is 13.3. The molecule has 1 aromatic carbocycles. The van der Waals surface area contributed by atoms with Gasteiger partial charge in [0.05, 0.1) is 17.9 Å². The first-order valence-electron chi connectivity index (χ1n) is 8.97. The number of nitrogens with zero attached hydrogens (tertiary/aromatic N) is 4. The summed E-state index contributed by atoms with van der Waals surface area (Å²) >= 11 is 0. The highest BCUT2D eigenvalue weighted by Crippen LogP contribution is 2.30. The molecule has 0 aliphatic rings. The third kappa shape index (κ3) is 4.31. The van der Waals surface area contributed by atoms with Crippen molar-refractivity contribution in [2.75, 3.05) is 11.3 Å². The second-order valence-electron chi connectivity index (χ2n) is 6.64. The van der Waals surface area contributed by atoms with Crippen LogP contribution in [0.4, 0.5) is 18.9 Å². The number of esters is 1. The Labute approximate surface area is 175 Å². The molecule has 3 aromatic rings. The van der Waals surface area contributed by atoms with Crippen molar-refractivity contribution in [3.8, 4) is 0 Å². The monoisotopic (exact) mass is 457 g/mol. The zero-order chi connectivity index (χ0) is 23.1. The Morgan fingerprint density at radius 2 is 1.87 bits per heavy atom. The summed E-state index contributed by atoms with van der Waals surface area (Å²) in [6.45, 7) is 6.26. The molecule has 0 bridgehead atoms. The average molecular weight is 457 g/mol. The van der Waals surface area contributed by atoms with Gasteiger partial charge in [-0.25, -0.2) is 9.78 Å². The number of nitrogens with one attached hydrogen (secondary N) is 1. The van der Waals surface area contributed by atoms with Gasteiger partial charge >= 0.3 is 12.1 Å². The molecular formula is C18H18F3N5O4S. The van der Waals surface area contributed by atoms with E-state index in [1.54, 1.807) is 26.8 Å². The molecule has 0 aliphatic heterocycles. The Bertz CT molecular complexity index is 1290. The van der Waals surface area contributed by atoms with Gasteiger partial charge in [-0.1, -0.05) is 6.07 Å². The fraction of sp³-hybridized carbons (Fsp3) is 0.333. The number of ether oxygens (including phenoxy) is 1.